The smallest absolute Gasteiger partial charge is 0.0629 e. The van der Waals surface area contributed by atoms with E-state index in [1.54, 1.807) is 11.3 Å². The fraction of sp³-hybridized carbons (Fsp3) is 0. The van der Waals surface area contributed by atoms with Crippen LogP contribution in [0.15, 0.2) is 158 Å². The molecule has 0 fully saturated rings. The van der Waals surface area contributed by atoms with Gasteiger partial charge in [-0.3, -0.25) is 0 Å². The Morgan fingerprint density at radius 1 is 0.395 bits per heavy atom. The van der Waals surface area contributed by atoms with Gasteiger partial charge in [0.2, 0.25) is 0 Å². The minimum atomic E-state index is -0.412. The molecule has 0 saturated carbocycles. The van der Waals surface area contributed by atoms with E-state index in [1.165, 1.54) is 14.8 Å². The standard InChI is InChI=1S/C42H26S/c1-2-13-30-27(11-1)12-9-20-32(30)41-35-16-5-3-14-33(35)40(34-15-4-6-17-36(34)41)29-25-23-28(24-26-29)31-19-10-22-39-42(31)37-18-7-8-21-38(37)43-39/h1-26H/i3D,4D,5D,6D,14D,15D,16D,17D. The molecule has 0 aliphatic heterocycles. The molecule has 0 saturated heterocycles. The zero-order valence-corrected chi connectivity index (χ0v) is 23.6. The lowest BCUT2D eigenvalue weighted by Gasteiger charge is -2.19. The lowest BCUT2D eigenvalue weighted by Crippen LogP contribution is -1.91. The van der Waals surface area contributed by atoms with Gasteiger partial charge in [0, 0.05) is 20.2 Å². The van der Waals surface area contributed by atoms with Gasteiger partial charge >= 0.3 is 0 Å². The number of rotatable bonds is 3. The summed E-state index contributed by atoms with van der Waals surface area (Å²) in [6.07, 6.45) is 0. The largest absolute Gasteiger partial charge is 0.135 e. The van der Waals surface area contributed by atoms with Crippen molar-refractivity contribution >= 4 is 63.8 Å². The third-order valence-electron chi connectivity index (χ3n) is 8.32. The van der Waals surface area contributed by atoms with Gasteiger partial charge in [0.05, 0.1) is 11.0 Å². The van der Waals surface area contributed by atoms with E-state index in [0.29, 0.717) is 22.3 Å². The van der Waals surface area contributed by atoms with E-state index in [2.05, 4.69) is 24.3 Å². The third kappa shape index (κ3) is 3.75. The number of benzene rings is 8. The van der Waals surface area contributed by atoms with Crippen molar-refractivity contribution in [1.82, 2.24) is 0 Å². The van der Waals surface area contributed by atoms with E-state index < -0.39 is 24.2 Å². The van der Waals surface area contributed by atoms with Crippen LogP contribution in [0.2, 0.25) is 0 Å². The summed E-state index contributed by atoms with van der Waals surface area (Å²) >= 11 is 1.74. The highest BCUT2D eigenvalue weighted by Crippen LogP contribution is 2.46. The van der Waals surface area contributed by atoms with Gasteiger partial charge in [-0.1, -0.05) is 145 Å². The average molecular weight is 571 g/mol. The maximum Gasteiger partial charge on any atom is 0.0629 e. The molecular formula is C42H26S. The first kappa shape index (κ1) is 17.7. The topological polar surface area (TPSA) is 0 Å². The minimum absolute atomic E-state index is 0.208. The third-order valence-corrected chi connectivity index (χ3v) is 9.46. The Kier molecular flexibility index (Phi) is 3.97. The van der Waals surface area contributed by atoms with Gasteiger partial charge in [-0.05, 0) is 77.8 Å². The van der Waals surface area contributed by atoms with Crippen LogP contribution in [0.25, 0.3) is 85.9 Å². The highest BCUT2D eigenvalue weighted by atomic mass is 32.1. The fourth-order valence-electron chi connectivity index (χ4n) is 6.46. The summed E-state index contributed by atoms with van der Waals surface area (Å²) in [4.78, 5) is 0. The maximum atomic E-state index is 9.28. The predicted octanol–water partition coefficient (Wildman–Crippen LogP) is 12.5. The van der Waals surface area contributed by atoms with Gasteiger partial charge < -0.3 is 0 Å². The van der Waals surface area contributed by atoms with Gasteiger partial charge in [0.15, 0.2) is 0 Å². The van der Waals surface area contributed by atoms with E-state index in [9.17, 15) is 5.48 Å². The van der Waals surface area contributed by atoms with Crippen LogP contribution in [0.5, 0.6) is 0 Å². The molecule has 1 heterocycles. The zero-order valence-electron chi connectivity index (χ0n) is 30.8. The van der Waals surface area contributed by atoms with Crippen LogP contribution in [0.3, 0.4) is 0 Å². The summed E-state index contributed by atoms with van der Waals surface area (Å²) in [5, 5.41) is 4.86. The molecule has 0 unspecified atom stereocenters. The Morgan fingerprint density at radius 3 is 1.67 bits per heavy atom. The first-order valence-corrected chi connectivity index (χ1v) is 14.9. The highest BCUT2D eigenvalue weighted by Gasteiger charge is 2.18. The summed E-state index contributed by atoms with van der Waals surface area (Å²) in [6.45, 7) is 0. The molecular weight excluding hydrogens is 537 g/mol. The molecule has 0 aliphatic rings. The zero-order chi connectivity index (χ0) is 35.3. The van der Waals surface area contributed by atoms with Gasteiger partial charge in [-0.25, -0.2) is 0 Å². The summed E-state index contributed by atoms with van der Waals surface area (Å²) < 4.78 is 74.4. The number of thiophene rings is 1. The summed E-state index contributed by atoms with van der Waals surface area (Å²) in [5.41, 5.74) is 3.91. The molecule has 8 aromatic carbocycles. The molecule has 200 valence electrons. The van der Waals surface area contributed by atoms with Crippen LogP contribution < -0.4 is 0 Å². The number of fused-ring (bicyclic) bond motifs is 6. The van der Waals surface area contributed by atoms with Crippen LogP contribution in [0.1, 0.15) is 11.0 Å². The van der Waals surface area contributed by atoms with Gasteiger partial charge in [0.1, 0.15) is 0 Å². The molecule has 9 aromatic rings. The maximum absolute atomic E-state index is 9.28. The van der Waals surface area contributed by atoms with Crippen LogP contribution >= 0.6 is 11.3 Å². The minimum Gasteiger partial charge on any atom is -0.135 e. The molecule has 1 heteroatoms. The Labute approximate surface area is 265 Å². The van der Waals surface area contributed by atoms with Gasteiger partial charge in [0.25, 0.3) is 0 Å². The fourth-order valence-corrected chi connectivity index (χ4v) is 7.59. The summed E-state index contributed by atoms with van der Waals surface area (Å²) in [7, 11) is 0. The number of hydrogen-bond acceptors (Lipinski definition) is 1. The molecule has 0 radical (unpaired) electrons. The van der Waals surface area contributed by atoms with Crippen LogP contribution in [0, 0.1) is 0 Å². The molecule has 0 aliphatic carbocycles. The van der Waals surface area contributed by atoms with Crippen LogP contribution in [-0.4, -0.2) is 0 Å². The summed E-state index contributed by atoms with van der Waals surface area (Å²) in [5.74, 6) is 0. The van der Waals surface area contributed by atoms with Crippen molar-refractivity contribution < 1.29 is 11.0 Å². The lowest BCUT2D eigenvalue weighted by atomic mass is 9.84. The molecule has 0 amide bonds. The van der Waals surface area contributed by atoms with E-state index in [0.717, 1.165) is 27.3 Å². The Hall–Kier alpha value is -5.24. The van der Waals surface area contributed by atoms with Gasteiger partial charge in [-0.2, -0.15) is 0 Å². The molecule has 0 N–H and O–H groups in total. The van der Waals surface area contributed by atoms with Crippen molar-refractivity contribution in [1.29, 1.82) is 0 Å². The Morgan fingerprint density at radius 2 is 0.930 bits per heavy atom. The molecule has 43 heavy (non-hydrogen) atoms. The van der Waals surface area contributed by atoms with Crippen molar-refractivity contribution in [3.05, 3.63) is 158 Å². The van der Waals surface area contributed by atoms with E-state index in [-0.39, 0.29) is 45.7 Å². The first-order chi connectivity index (χ1) is 24.7. The SMILES string of the molecule is [2H]c1c([2H])c([2H])c2c(-c3cccc4ccccc34)c3c([2H])c([2H])c([2H])c([2H])c3c(-c3ccc(-c4cccc5sc6ccccc6c45)cc3)c2c1[2H]. The van der Waals surface area contributed by atoms with E-state index in [1.807, 2.05) is 84.9 Å². The van der Waals surface area contributed by atoms with Gasteiger partial charge in [-0.15, -0.1) is 11.3 Å². The summed E-state index contributed by atoms with van der Waals surface area (Å²) in [6, 6.07) is 32.9. The monoisotopic (exact) mass is 570 g/mol. The van der Waals surface area contributed by atoms with Crippen molar-refractivity contribution in [2.75, 3.05) is 0 Å². The molecule has 0 atom stereocenters. The predicted molar refractivity (Wildman–Crippen MR) is 188 cm³/mol. The Bertz CT molecular complexity index is 2860. The van der Waals surface area contributed by atoms with Crippen molar-refractivity contribution in [2.24, 2.45) is 0 Å². The first-order valence-electron chi connectivity index (χ1n) is 18.1. The second kappa shape index (κ2) is 9.66. The normalized spacial score (nSPS) is 14.3. The van der Waals surface area contributed by atoms with E-state index >= 15 is 0 Å². The molecule has 0 spiro atoms. The molecule has 9 rings (SSSR count). The van der Waals surface area contributed by atoms with Crippen molar-refractivity contribution in [3.63, 3.8) is 0 Å². The average Bonchev–Trinajstić information content (AvgIpc) is 3.55. The van der Waals surface area contributed by atoms with Crippen LogP contribution in [0.4, 0.5) is 0 Å². The second-order valence-corrected chi connectivity index (χ2v) is 11.7. The van der Waals surface area contributed by atoms with Crippen LogP contribution in [-0.2, 0) is 0 Å². The van der Waals surface area contributed by atoms with E-state index in [4.69, 9.17) is 5.48 Å². The van der Waals surface area contributed by atoms with Crippen molar-refractivity contribution in [3.8, 4) is 33.4 Å². The molecule has 0 bridgehead atoms. The number of hydrogen-bond donors (Lipinski definition) is 0. The second-order valence-electron chi connectivity index (χ2n) is 10.6. The molecule has 1 aromatic heterocycles. The quantitative estimate of drug-likeness (QED) is 0.185. The highest BCUT2D eigenvalue weighted by molar-refractivity contribution is 7.25. The lowest BCUT2D eigenvalue weighted by molar-refractivity contribution is 1.64. The molecule has 0 nitrogen and oxygen atoms in total. The van der Waals surface area contributed by atoms with Crippen molar-refractivity contribution in [2.45, 2.75) is 0 Å². The Balaban J connectivity index is 1.43.